The molecule has 0 aliphatic rings. The van der Waals surface area contributed by atoms with E-state index in [0.717, 1.165) is 0 Å². The summed E-state index contributed by atoms with van der Waals surface area (Å²) in [6.45, 7) is 3.95. The number of hydrogen-bond acceptors (Lipinski definition) is 7. The number of imidazole rings is 1. The van der Waals surface area contributed by atoms with Gasteiger partial charge in [0.2, 0.25) is 5.88 Å². The zero-order chi connectivity index (χ0) is 16.7. The largest absolute Gasteiger partial charge is 0.472 e. The normalized spacial score (nSPS) is 13.9. The van der Waals surface area contributed by atoms with E-state index in [1.165, 1.54) is 24.3 Å². The molecule has 0 saturated heterocycles. The van der Waals surface area contributed by atoms with Crippen molar-refractivity contribution in [3.05, 3.63) is 25.3 Å². The molecule has 0 aromatic carbocycles. The lowest BCUT2D eigenvalue weighted by molar-refractivity contribution is -0.193. The molecule has 23 heavy (non-hydrogen) atoms. The van der Waals surface area contributed by atoms with E-state index < -0.39 is 12.4 Å². The van der Waals surface area contributed by atoms with Crippen molar-refractivity contribution < 1.29 is 22.0 Å². The Bertz CT molecular complexity index is 641. The summed E-state index contributed by atoms with van der Waals surface area (Å²) < 4.78 is 30.9. The molecule has 0 spiro atoms. The summed E-state index contributed by atoms with van der Waals surface area (Å²) in [5.74, 6) is 0.283. The summed E-state index contributed by atoms with van der Waals surface area (Å²) in [6.07, 6.45) is 2.41. The Morgan fingerprint density at radius 3 is 2.96 bits per heavy atom. The van der Waals surface area contributed by atoms with Gasteiger partial charge in [0.1, 0.15) is 19.5 Å². The van der Waals surface area contributed by atoms with Gasteiger partial charge >= 0.3 is 0 Å². The summed E-state index contributed by atoms with van der Waals surface area (Å²) in [7, 11) is 1.48. The smallest absolute Gasteiger partial charge is 0.245 e. The number of hydrogen-bond donors (Lipinski definition) is 0. The Kier molecular flexibility index (Phi) is 7.08. The quantitative estimate of drug-likeness (QED) is 0.244. The van der Waals surface area contributed by atoms with Crippen LogP contribution >= 0.6 is 23.0 Å². The maximum Gasteiger partial charge on any atom is 0.245 e. The monoisotopic (exact) mass is 438 g/mol. The summed E-state index contributed by atoms with van der Waals surface area (Å²) in [4.78, 5) is 17.0. The standard InChI is InChI=1S/C13H16FIN4O4/c1-3-4-21-13-11-12(16-7-17-13)19(8-18-11)10(14)5-9(20-2)6-22-23-15/h3,7-10H,1,4-6H2,2H3/t9-,10?/m0/s1. The highest BCUT2D eigenvalue weighted by Crippen LogP contribution is 2.25. The molecule has 0 aliphatic carbocycles. The predicted molar refractivity (Wildman–Crippen MR) is 87.6 cm³/mol. The fraction of sp³-hybridized carbons (Fsp3) is 0.462. The molecule has 0 radical (unpaired) electrons. The lowest BCUT2D eigenvalue weighted by Gasteiger charge is -2.17. The zero-order valence-corrected chi connectivity index (χ0v) is 14.6. The molecular weight excluding hydrogens is 422 g/mol. The van der Waals surface area contributed by atoms with Gasteiger partial charge in [-0.25, -0.2) is 19.2 Å². The van der Waals surface area contributed by atoms with Crippen LogP contribution in [0.2, 0.25) is 0 Å². The average molecular weight is 438 g/mol. The molecule has 0 amide bonds. The van der Waals surface area contributed by atoms with Crippen molar-refractivity contribution in [3.8, 4) is 5.88 Å². The van der Waals surface area contributed by atoms with Crippen LogP contribution in [0.5, 0.6) is 5.88 Å². The summed E-state index contributed by atoms with van der Waals surface area (Å²) in [5.41, 5.74) is 0.727. The maximum absolute atomic E-state index is 14.6. The van der Waals surface area contributed by atoms with Gasteiger partial charge in [-0.1, -0.05) is 12.7 Å². The van der Waals surface area contributed by atoms with Crippen molar-refractivity contribution in [1.29, 1.82) is 0 Å². The first-order valence-corrected chi connectivity index (χ1v) is 7.57. The first kappa shape index (κ1) is 18.0. The molecule has 2 aromatic rings. The highest BCUT2D eigenvalue weighted by atomic mass is 127. The Balaban J connectivity index is 2.17. The van der Waals surface area contributed by atoms with Gasteiger partial charge in [0, 0.05) is 13.5 Å². The molecule has 0 aliphatic heterocycles. The van der Waals surface area contributed by atoms with Gasteiger partial charge in [-0.2, -0.15) is 8.20 Å². The first-order valence-electron chi connectivity index (χ1n) is 6.69. The maximum atomic E-state index is 14.6. The number of aromatic nitrogens is 4. The molecule has 0 N–H and O–H groups in total. The Morgan fingerprint density at radius 1 is 1.43 bits per heavy atom. The molecule has 0 fully saturated rings. The molecule has 0 bridgehead atoms. The first-order chi connectivity index (χ1) is 11.2. The highest BCUT2D eigenvalue weighted by molar-refractivity contribution is 14.1. The molecule has 10 heteroatoms. The van der Waals surface area contributed by atoms with Gasteiger partial charge in [0.05, 0.1) is 12.4 Å². The van der Waals surface area contributed by atoms with Gasteiger partial charge < -0.3 is 9.47 Å². The lowest BCUT2D eigenvalue weighted by Crippen LogP contribution is -2.21. The molecule has 2 heterocycles. The van der Waals surface area contributed by atoms with Gasteiger partial charge in [-0.3, -0.25) is 4.57 Å². The SMILES string of the molecule is C=CCOc1ncnc2c1ncn2C(F)C[C@@H](COOI)OC. The second-order valence-electron chi connectivity index (χ2n) is 4.48. The van der Waals surface area contributed by atoms with E-state index in [1.54, 1.807) is 29.1 Å². The number of methoxy groups -OCH3 is 1. The second-order valence-corrected chi connectivity index (χ2v) is 4.84. The predicted octanol–water partition coefficient (Wildman–Crippen LogP) is 2.56. The van der Waals surface area contributed by atoms with Gasteiger partial charge in [0.25, 0.3) is 0 Å². The minimum atomic E-state index is -1.40. The number of rotatable bonds is 10. The van der Waals surface area contributed by atoms with E-state index in [2.05, 4.69) is 24.7 Å². The van der Waals surface area contributed by atoms with Gasteiger partial charge in [-0.15, -0.1) is 0 Å². The third-order valence-electron chi connectivity index (χ3n) is 3.05. The van der Waals surface area contributed by atoms with Crippen LogP contribution in [0.4, 0.5) is 4.39 Å². The van der Waals surface area contributed by atoms with Crippen molar-refractivity contribution >= 4 is 34.2 Å². The summed E-state index contributed by atoms with van der Waals surface area (Å²) in [5, 5.41) is 0. The minimum Gasteiger partial charge on any atom is -0.472 e. The average Bonchev–Trinajstić information content (AvgIpc) is 3.01. The fourth-order valence-electron chi connectivity index (χ4n) is 1.94. The number of fused-ring (bicyclic) bond motifs is 1. The third kappa shape index (κ3) is 4.56. The third-order valence-corrected chi connectivity index (χ3v) is 3.31. The highest BCUT2D eigenvalue weighted by Gasteiger charge is 2.21. The summed E-state index contributed by atoms with van der Waals surface area (Å²) >= 11 is 1.58. The van der Waals surface area contributed by atoms with Gasteiger partial charge in [-0.05, 0) is 0 Å². The van der Waals surface area contributed by atoms with Crippen molar-refractivity contribution in [1.82, 2.24) is 19.5 Å². The molecular formula is C13H16FIN4O4. The molecule has 126 valence electrons. The van der Waals surface area contributed by atoms with Crippen LogP contribution < -0.4 is 4.74 Å². The summed E-state index contributed by atoms with van der Waals surface area (Å²) in [6, 6.07) is 0. The van der Waals surface area contributed by atoms with Crippen LogP contribution in [0.1, 0.15) is 12.7 Å². The van der Waals surface area contributed by atoms with E-state index in [1.807, 2.05) is 0 Å². The van der Waals surface area contributed by atoms with Crippen LogP contribution in [-0.2, 0) is 12.8 Å². The molecule has 0 saturated carbocycles. The second kappa shape index (κ2) is 9.05. The van der Waals surface area contributed by atoms with Crippen LogP contribution in [-0.4, -0.2) is 45.9 Å². The minimum absolute atomic E-state index is 0.0504. The van der Waals surface area contributed by atoms with Crippen LogP contribution in [0.15, 0.2) is 25.3 Å². The van der Waals surface area contributed by atoms with Crippen LogP contribution in [0.3, 0.4) is 0 Å². The van der Waals surface area contributed by atoms with Crippen LogP contribution in [0, 0.1) is 0 Å². The number of halogens is 2. The zero-order valence-electron chi connectivity index (χ0n) is 12.4. The lowest BCUT2D eigenvalue weighted by atomic mass is 10.2. The number of alkyl halides is 1. The van der Waals surface area contributed by atoms with Crippen molar-refractivity contribution in [2.45, 2.75) is 18.8 Å². The molecule has 2 atom stereocenters. The Labute approximate surface area is 146 Å². The van der Waals surface area contributed by atoms with Crippen molar-refractivity contribution in [2.75, 3.05) is 20.3 Å². The van der Waals surface area contributed by atoms with E-state index >= 15 is 0 Å². The molecule has 1 unspecified atom stereocenters. The fourth-order valence-corrected chi connectivity index (χ4v) is 2.09. The van der Waals surface area contributed by atoms with E-state index in [4.69, 9.17) is 14.4 Å². The van der Waals surface area contributed by atoms with Crippen molar-refractivity contribution in [2.24, 2.45) is 0 Å². The van der Waals surface area contributed by atoms with Crippen molar-refractivity contribution in [3.63, 3.8) is 0 Å². The van der Waals surface area contributed by atoms with E-state index in [0.29, 0.717) is 11.2 Å². The molecule has 8 nitrogen and oxygen atoms in total. The molecule has 2 aromatic heterocycles. The Hall–Kier alpha value is -1.37. The van der Waals surface area contributed by atoms with Gasteiger partial charge in [0.15, 0.2) is 40.5 Å². The Morgan fingerprint density at radius 2 is 2.26 bits per heavy atom. The van der Waals surface area contributed by atoms with E-state index in [-0.39, 0.29) is 25.5 Å². The van der Waals surface area contributed by atoms with E-state index in [9.17, 15) is 4.39 Å². The number of nitrogens with zero attached hydrogens (tertiary/aromatic N) is 4. The molecule has 2 rings (SSSR count). The van der Waals surface area contributed by atoms with Crippen LogP contribution in [0.25, 0.3) is 11.2 Å². The topological polar surface area (TPSA) is 80.5 Å². The number of ether oxygens (including phenoxy) is 2.